The van der Waals surface area contributed by atoms with Crippen molar-refractivity contribution in [2.24, 2.45) is 0 Å². The monoisotopic (exact) mass is 307 g/mol. The molecule has 1 aliphatic carbocycles. The van der Waals surface area contributed by atoms with Gasteiger partial charge in [-0.05, 0) is 36.0 Å². The van der Waals surface area contributed by atoms with Crippen LogP contribution in [0.2, 0.25) is 0 Å². The van der Waals surface area contributed by atoms with Gasteiger partial charge in [-0.3, -0.25) is 0 Å². The molecule has 19 heavy (non-hydrogen) atoms. The van der Waals surface area contributed by atoms with Gasteiger partial charge >= 0.3 is 0 Å². The van der Waals surface area contributed by atoms with Crippen molar-refractivity contribution in [2.75, 3.05) is 5.32 Å². The van der Waals surface area contributed by atoms with E-state index in [1.807, 2.05) is 11.4 Å². The van der Waals surface area contributed by atoms with Gasteiger partial charge in [-0.25, -0.2) is 9.97 Å². The number of anilines is 1. The number of thiophene rings is 1. The summed E-state index contributed by atoms with van der Waals surface area (Å²) in [6, 6.07) is 2.61. The summed E-state index contributed by atoms with van der Waals surface area (Å²) in [5.74, 6) is 0. The first kappa shape index (κ1) is 11.6. The van der Waals surface area contributed by atoms with Crippen molar-refractivity contribution in [3.8, 4) is 0 Å². The van der Waals surface area contributed by atoms with Crippen LogP contribution in [0.1, 0.15) is 12.8 Å². The van der Waals surface area contributed by atoms with Crippen LogP contribution < -0.4 is 5.32 Å². The van der Waals surface area contributed by atoms with Gasteiger partial charge in [0.05, 0.1) is 10.2 Å². The fraction of sp³-hybridized carbons (Fsp3) is 0.273. The van der Waals surface area contributed by atoms with Gasteiger partial charge in [-0.2, -0.15) is 0 Å². The molecule has 0 aliphatic heterocycles. The lowest BCUT2D eigenvalue weighted by Gasteiger charge is -1.97. The third-order valence-corrected chi connectivity index (χ3v) is 5.65. The zero-order valence-corrected chi connectivity index (χ0v) is 12.2. The first-order valence-electron chi connectivity index (χ1n) is 5.84. The SMILES string of the molecule is c1nc(Sc2nnc(NC3CC3)s2)c2sccc2n1. The van der Waals surface area contributed by atoms with E-state index in [2.05, 4.69) is 25.5 Å². The summed E-state index contributed by atoms with van der Waals surface area (Å²) in [6.07, 6.45) is 4.08. The molecule has 3 heterocycles. The predicted octanol–water partition coefficient (Wildman–Crippen LogP) is 3.27. The molecule has 0 aromatic carbocycles. The lowest BCUT2D eigenvalue weighted by molar-refractivity contribution is 0.991. The molecule has 3 aromatic rings. The summed E-state index contributed by atoms with van der Waals surface area (Å²) < 4.78 is 2.02. The Morgan fingerprint density at radius 2 is 2.21 bits per heavy atom. The maximum absolute atomic E-state index is 4.34. The summed E-state index contributed by atoms with van der Waals surface area (Å²) >= 11 is 4.79. The van der Waals surface area contributed by atoms with Gasteiger partial charge in [0.1, 0.15) is 11.4 Å². The fourth-order valence-electron chi connectivity index (χ4n) is 1.63. The van der Waals surface area contributed by atoms with Crippen LogP contribution in [0.3, 0.4) is 0 Å². The maximum Gasteiger partial charge on any atom is 0.206 e. The first-order valence-corrected chi connectivity index (χ1v) is 8.36. The van der Waals surface area contributed by atoms with E-state index >= 15 is 0 Å². The van der Waals surface area contributed by atoms with Crippen molar-refractivity contribution >= 4 is 49.8 Å². The normalized spacial score (nSPS) is 14.9. The Hall–Kier alpha value is -1.25. The molecule has 0 bridgehead atoms. The molecular formula is C11H9N5S3. The van der Waals surface area contributed by atoms with Gasteiger partial charge < -0.3 is 5.32 Å². The third kappa shape index (κ3) is 2.43. The number of rotatable bonds is 4. The lowest BCUT2D eigenvalue weighted by atomic mass is 10.5. The van der Waals surface area contributed by atoms with Crippen molar-refractivity contribution in [3.05, 3.63) is 17.8 Å². The Labute approximate surface area is 121 Å². The number of nitrogens with one attached hydrogen (secondary N) is 1. The minimum Gasteiger partial charge on any atom is -0.357 e. The van der Waals surface area contributed by atoms with Crippen LogP contribution in [0, 0.1) is 0 Å². The van der Waals surface area contributed by atoms with Gasteiger partial charge in [0.2, 0.25) is 5.13 Å². The highest BCUT2D eigenvalue weighted by Crippen LogP contribution is 2.36. The van der Waals surface area contributed by atoms with Crippen molar-refractivity contribution in [2.45, 2.75) is 28.2 Å². The number of fused-ring (bicyclic) bond motifs is 1. The minimum absolute atomic E-state index is 0.605. The Morgan fingerprint density at radius 1 is 1.26 bits per heavy atom. The second-order valence-corrected chi connectivity index (χ2v) is 7.34. The van der Waals surface area contributed by atoms with Crippen molar-refractivity contribution in [1.82, 2.24) is 20.2 Å². The van der Waals surface area contributed by atoms with E-state index in [9.17, 15) is 0 Å². The average molecular weight is 307 g/mol. The zero-order chi connectivity index (χ0) is 12.7. The molecule has 0 unspecified atom stereocenters. The number of nitrogens with zero attached hydrogens (tertiary/aromatic N) is 4. The first-order chi connectivity index (χ1) is 9.38. The number of hydrogen-bond donors (Lipinski definition) is 1. The third-order valence-electron chi connectivity index (χ3n) is 2.71. The molecule has 8 heteroatoms. The molecule has 0 amide bonds. The Bertz CT molecular complexity index is 718. The highest BCUT2D eigenvalue weighted by molar-refractivity contribution is 8.01. The molecule has 5 nitrogen and oxygen atoms in total. The molecule has 96 valence electrons. The lowest BCUT2D eigenvalue weighted by Crippen LogP contribution is -1.99. The highest BCUT2D eigenvalue weighted by atomic mass is 32.2. The molecule has 0 radical (unpaired) electrons. The summed E-state index contributed by atoms with van der Waals surface area (Å²) in [7, 11) is 0. The predicted molar refractivity (Wildman–Crippen MR) is 78.1 cm³/mol. The number of hydrogen-bond acceptors (Lipinski definition) is 8. The molecule has 1 saturated carbocycles. The molecule has 3 aromatic heterocycles. The molecule has 1 N–H and O–H groups in total. The fourth-order valence-corrected chi connectivity index (χ4v) is 4.37. The second-order valence-electron chi connectivity index (χ2n) is 4.21. The van der Waals surface area contributed by atoms with Crippen molar-refractivity contribution in [3.63, 3.8) is 0 Å². The summed E-state index contributed by atoms with van der Waals surface area (Å²) in [5, 5.41) is 15.6. The van der Waals surface area contributed by atoms with E-state index < -0.39 is 0 Å². The zero-order valence-electron chi connectivity index (χ0n) is 9.74. The van der Waals surface area contributed by atoms with Crippen LogP contribution in [-0.4, -0.2) is 26.2 Å². The largest absolute Gasteiger partial charge is 0.357 e. The van der Waals surface area contributed by atoms with Crippen molar-refractivity contribution < 1.29 is 0 Å². The van der Waals surface area contributed by atoms with Gasteiger partial charge in [0, 0.05) is 6.04 Å². The van der Waals surface area contributed by atoms with Crippen LogP contribution in [0.5, 0.6) is 0 Å². The van der Waals surface area contributed by atoms with Crippen LogP contribution in [0.25, 0.3) is 10.2 Å². The minimum atomic E-state index is 0.605. The van der Waals surface area contributed by atoms with E-state index in [0.717, 1.165) is 24.7 Å². The summed E-state index contributed by atoms with van der Waals surface area (Å²) in [6.45, 7) is 0. The Morgan fingerprint density at radius 3 is 3.11 bits per heavy atom. The van der Waals surface area contributed by atoms with Crippen LogP contribution >= 0.6 is 34.4 Å². The molecule has 0 spiro atoms. The van der Waals surface area contributed by atoms with E-state index in [1.165, 1.54) is 12.8 Å². The van der Waals surface area contributed by atoms with Crippen LogP contribution in [0.4, 0.5) is 5.13 Å². The average Bonchev–Trinajstić information content (AvgIpc) is 2.91. The van der Waals surface area contributed by atoms with Crippen LogP contribution in [-0.2, 0) is 0 Å². The van der Waals surface area contributed by atoms with E-state index in [1.54, 1.807) is 40.8 Å². The molecule has 0 atom stereocenters. The number of aromatic nitrogens is 4. The maximum atomic E-state index is 4.34. The standard InChI is InChI=1S/C11H9N5S3/c1-2-6(1)14-10-15-16-11(19-10)18-9-8-7(3-4-17-8)12-5-13-9/h3-6H,1-2H2,(H,14,15). The topological polar surface area (TPSA) is 63.6 Å². The molecule has 1 aliphatic rings. The smallest absolute Gasteiger partial charge is 0.206 e. The van der Waals surface area contributed by atoms with Crippen molar-refractivity contribution in [1.29, 1.82) is 0 Å². The Kier molecular flexibility index (Phi) is 2.86. The molecule has 0 saturated heterocycles. The van der Waals surface area contributed by atoms with E-state index in [0.29, 0.717) is 6.04 Å². The van der Waals surface area contributed by atoms with E-state index in [4.69, 9.17) is 0 Å². The highest BCUT2D eigenvalue weighted by Gasteiger charge is 2.22. The summed E-state index contributed by atoms with van der Waals surface area (Å²) in [4.78, 5) is 8.58. The van der Waals surface area contributed by atoms with Gasteiger partial charge in [0.25, 0.3) is 0 Å². The molecule has 1 fully saturated rings. The van der Waals surface area contributed by atoms with Gasteiger partial charge in [-0.1, -0.05) is 11.3 Å². The quantitative estimate of drug-likeness (QED) is 0.746. The van der Waals surface area contributed by atoms with Gasteiger partial charge in [-0.15, -0.1) is 21.5 Å². The van der Waals surface area contributed by atoms with E-state index in [-0.39, 0.29) is 0 Å². The summed E-state index contributed by atoms with van der Waals surface area (Å²) in [5.41, 5.74) is 0.989. The van der Waals surface area contributed by atoms with Crippen LogP contribution in [0.15, 0.2) is 27.1 Å². The molecule has 4 rings (SSSR count). The van der Waals surface area contributed by atoms with Gasteiger partial charge in [0.15, 0.2) is 4.34 Å². The Balaban J connectivity index is 1.59. The second kappa shape index (κ2) is 4.69. The molecular weight excluding hydrogens is 298 g/mol.